The van der Waals surface area contributed by atoms with E-state index in [1.54, 1.807) is 0 Å². The molecule has 0 aromatic carbocycles. The quantitative estimate of drug-likeness (QED) is 0.127. The molecule has 0 unspecified atom stereocenters. The molecule has 0 saturated heterocycles. The van der Waals surface area contributed by atoms with Crippen molar-refractivity contribution in [1.29, 1.82) is 0 Å². The molecule has 0 aromatic rings. The van der Waals surface area contributed by atoms with E-state index in [1.807, 2.05) is 0 Å². The third-order valence-electron chi connectivity index (χ3n) is 7.37. The number of hydrogen-bond acceptors (Lipinski definition) is 2. The molecule has 0 bridgehead atoms. The minimum atomic E-state index is -0.758. The van der Waals surface area contributed by atoms with Gasteiger partial charge in [0.15, 0.2) is 0 Å². The van der Waals surface area contributed by atoms with Crippen LogP contribution < -0.4 is 0 Å². The number of carboxylic acids is 2. The molecule has 202 valence electrons. The first kappa shape index (κ1) is 32.9. The highest BCUT2D eigenvalue weighted by Gasteiger charge is 2.36. The van der Waals surface area contributed by atoms with Gasteiger partial charge in [-0.1, -0.05) is 130 Å². The van der Waals surface area contributed by atoms with Crippen LogP contribution in [-0.4, -0.2) is 22.2 Å². The first-order chi connectivity index (χ1) is 16.2. The third-order valence-corrected chi connectivity index (χ3v) is 7.37. The van der Waals surface area contributed by atoms with Crippen LogP contribution in [0.5, 0.6) is 0 Å². The summed E-state index contributed by atoms with van der Waals surface area (Å²) in [6, 6.07) is 0. The van der Waals surface area contributed by atoms with E-state index >= 15 is 0 Å². The van der Waals surface area contributed by atoms with Gasteiger partial charge in [0, 0.05) is 6.42 Å². The van der Waals surface area contributed by atoms with E-state index in [4.69, 9.17) is 5.11 Å². The fraction of sp³-hybridized carbons (Fsp3) is 0.933. The average Bonchev–Trinajstić information content (AvgIpc) is 2.75. The van der Waals surface area contributed by atoms with Crippen molar-refractivity contribution in [2.45, 2.75) is 163 Å². The summed E-state index contributed by atoms with van der Waals surface area (Å²) in [4.78, 5) is 23.2. The fourth-order valence-corrected chi connectivity index (χ4v) is 5.06. The van der Waals surface area contributed by atoms with Gasteiger partial charge in [-0.15, -0.1) is 0 Å². The molecule has 0 aliphatic heterocycles. The van der Waals surface area contributed by atoms with Crippen LogP contribution in [-0.2, 0) is 9.59 Å². The highest BCUT2D eigenvalue weighted by molar-refractivity contribution is 5.74. The van der Waals surface area contributed by atoms with Gasteiger partial charge in [-0.2, -0.15) is 0 Å². The van der Waals surface area contributed by atoms with E-state index in [0.717, 1.165) is 63.2 Å². The first-order valence-corrected chi connectivity index (χ1v) is 14.6. The topological polar surface area (TPSA) is 74.6 Å². The fourth-order valence-electron chi connectivity index (χ4n) is 5.06. The van der Waals surface area contributed by atoms with Gasteiger partial charge in [0.2, 0.25) is 0 Å². The maximum absolute atomic E-state index is 12.4. The predicted octanol–water partition coefficient (Wildman–Crippen LogP) is 9.65. The van der Waals surface area contributed by atoms with Crippen LogP contribution in [0.3, 0.4) is 0 Å². The minimum Gasteiger partial charge on any atom is -0.481 e. The Morgan fingerprint density at radius 1 is 0.529 bits per heavy atom. The molecule has 0 saturated carbocycles. The van der Waals surface area contributed by atoms with Crippen LogP contribution in [0, 0.1) is 17.3 Å². The highest BCUT2D eigenvalue weighted by atomic mass is 16.4. The van der Waals surface area contributed by atoms with Crippen LogP contribution in [0.4, 0.5) is 0 Å². The van der Waals surface area contributed by atoms with E-state index in [0.29, 0.717) is 12.8 Å². The Balaban J connectivity index is 4.48. The molecular formula is C30H58O4. The maximum Gasteiger partial charge on any atom is 0.309 e. The largest absolute Gasteiger partial charge is 0.481 e. The lowest BCUT2D eigenvalue weighted by atomic mass is 9.74. The first-order valence-electron chi connectivity index (χ1n) is 14.6. The molecule has 0 fully saturated rings. The summed E-state index contributed by atoms with van der Waals surface area (Å²) in [5, 5.41) is 19.1. The minimum absolute atomic E-state index is 0.188. The third kappa shape index (κ3) is 19.3. The van der Waals surface area contributed by atoms with Gasteiger partial charge in [-0.05, 0) is 37.5 Å². The molecule has 0 aliphatic carbocycles. The van der Waals surface area contributed by atoms with Crippen LogP contribution >= 0.6 is 0 Å². The molecule has 0 radical (unpaired) electrons. The van der Waals surface area contributed by atoms with Gasteiger partial charge in [-0.3, -0.25) is 9.59 Å². The summed E-state index contributed by atoms with van der Waals surface area (Å²) in [5.74, 6) is 0.185. The monoisotopic (exact) mass is 482 g/mol. The Bertz CT molecular complexity index is 474. The Kier molecular flexibility index (Phi) is 20.6. The van der Waals surface area contributed by atoms with Crippen molar-refractivity contribution >= 4 is 11.9 Å². The van der Waals surface area contributed by atoms with Crippen LogP contribution in [0.15, 0.2) is 0 Å². The van der Waals surface area contributed by atoms with Crippen molar-refractivity contribution in [3.05, 3.63) is 0 Å². The molecule has 0 heterocycles. The van der Waals surface area contributed by atoms with Crippen molar-refractivity contribution in [2.24, 2.45) is 17.3 Å². The summed E-state index contributed by atoms with van der Waals surface area (Å²) in [6.07, 6.45) is 21.8. The van der Waals surface area contributed by atoms with Crippen LogP contribution in [0.1, 0.15) is 163 Å². The summed E-state index contributed by atoms with van der Waals surface area (Å²) in [5.41, 5.74) is -0.613. The summed E-state index contributed by atoms with van der Waals surface area (Å²) >= 11 is 0. The zero-order valence-electron chi connectivity index (χ0n) is 23.2. The van der Waals surface area contributed by atoms with E-state index in [1.165, 1.54) is 64.2 Å². The van der Waals surface area contributed by atoms with E-state index < -0.39 is 17.4 Å². The van der Waals surface area contributed by atoms with E-state index in [9.17, 15) is 14.7 Å². The Hall–Kier alpha value is -1.06. The molecule has 0 aliphatic rings. The average molecular weight is 483 g/mol. The lowest BCUT2D eigenvalue weighted by molar-refractivity contribution is -0.151. The molecule has 0 atom stereocenters. The van der Waals surface area contributed by atoms with Gasteiger partial charge in [-0.25, -0.2) is 0 Å². The lowest BCUT2D eigenvalue weighted by Gasteiger charge is -2.30. The summed E-state index contributed by atoms with van der Waals surface area (Å²) in [7, 11) is 0. The molecule has 2 N–H and O–H groups in total. The van der Waals surface area contributed by atoms with Crippen LogP contribution in [0.2, 0.25) is 0 Å². The molecule has 4 nitrogen and oxygen atoms in total. The maximum atomic E-state index is 12.4. The second kappa shape index (κ2) is 21.2. The van der Waals surface area contributed by atoms with Gasteiger partial charge >= 0.3 is 11.9 Å². The number of hydrogen-bond donors (Lipinski definition) is 2. The van der Waals surface area contributed by atoms with Crippen molar-refractivity contribution in [2.75, 3.05) is 0 Å². The Labute approximate surface area is 211 Å². The Morgan fingerprint density at radius 2 is 0.853 bits per heavy atom. The van der Waals surface area contributed by atoms with Crippen molar-refractivity contribution in [3.8, 4) is 0 Å². The summed E-state index contributed by atoms with van der Waals surface area (Å²) in [6.45, 7) is 9.11. The predicted molar refractivity (Wildman–Crippen MR) is 144 cm³/mol. The highest BCUT2D eigenvalue weighted by Crippen LogP contribution is 2.38. The second-order valence-electron chi connectivity index (χ2n) is 11.6. The molecular weight excluding hydrogens is 424 g/mol. The second-order valence-corrected chi connectivity index (χ2v) is 11.6. The molecule has 0 spiro atoms. The van der Waals surface area contributed by atoms with Crippen LogP contribution in [0.25, 0.3) is 0 Å². The molecule has 0 rings (SSSR count). The molecule has 0 aromatic heterocycles. The van der Waals surface area contributed by atoms with Gasteiger partial charge in [0.25, 0.3) is 0 Å². The smallest absolute Gasteiger partial charge is 0.309 e. The molecule has 4 heteroatoms. The van der Waals surface area contributed by atoms with Crippen molar-refractivity contribution < 1.29 is 19.8 Å². The SMILES string of the molecule is CC(C)CCCCCCCCC(CCCCCCCCC(C)C)(CCCCCC(=O)O)C(=O)O. The zero-order chi connectivity index (χ0) is 25.7. The van der Waals surface area contributed by atoms with Crippen molar-refractivity contribution in [3.63, 3.8) is 0 Å². The standard InChI is InChI=1S/C30H58O4/c1-26(2)20-14-9-5-7-11-17-23-30(29(33)34,25-19-13-16-22-28(31)32)24-18-12-8-6-10-15-21-27(3)4/h26-27H,5-25H2,1-4H3,(H,31,32)(H,33,34). The summed E-state index contributed by atoms with van der Waals surface area (Å²) < 4.78 is 0. The molecule has 34 heavy (non-hydrogen) atoms. The van der Waals surface area contributed by atoms with Gasteiger partial charge in [0.05, 0.1) is 5.41 Å². The number of carboxylic acid groups (broad SMARTS) is 2. The number of carbonyl (C=O) groups is 2. The lowest BCUT2D eigenvalue weighted by Crippen LogP contribution is -2.31. The number of unbranched alkanes of at least 4 members (excludes halogenated alkanes) is 12. The number of aliphatic carboxylic acids is 2. The zero-order valence-corrected chi connectivity index (χ0v) is 23.2. The van der Waals surface area contributed by atoms with E-state index in [-0.39, 0.29) is 6.42 Å². The van der Waals surface area contributed by atoms with Gasteiger partial charge in [0.1, 0.15) is 0 Å². The van der Waals surface area contributed by atoms with Gasteiger partial charge < -0.3 is 10.2 Å². The molecule has 0 amide bonds. The normalized spacial score (nSPS) is 12.1. The number of rotatable bonds is 25. The Morgan fingerprint density at radius 3 is 1.18 bits per heavy atom. The van der Waals surface area contributed by atoms with E-state index in [2.05, 4.69) is 27.7 Å². The van der Waals surface area contributed by atoms with Crippen molar-refractivity contribution in [1.82, 2.24) is 0 Å².